The summed E-state index contributed by atoms with van der Waals surface area (Å²) in [4.78, 5) is 18.7. The fraction of sp³-hybridized carbons (Fsp3) is 0.235. The number of carbonyl (C=O) groups excluding carboxylic acids is 1. The minimum Gasteiger partial charge on any atom is -0.378 e. The van der Waals surface area contributed by atoms with Crippen molar-refractivity contribution in [2.24, 2.45) is 0 Å². The molecule has 0 aliphatic carbocycles. The standard InChI is InChI=1S/C17H15FN4O2/c18-14-4-2-1-3-12(14)15-5-6-19-16-13(11-20-22(15)16)17(23)21-7-9-24-10-8-21/h1-6,11H,7-10H2. The lowest BCUT2D eigenvalue weighted by atomic mass is 10.1. The topological polar surface area (TPSA) is 59.7 Å². The molecule has 0 radical (unpaired) electrons. The van der Waals surface area contributed by atoms with E-state index in [-0.39, 0.29) is 11.7 Å². The number of nitrogens with zero attached hydrogens (tertiary/aromatic N) is 4. The van der Waals surface area contributed by atoms with E-state index in [4.69, 9.17) is 4.74 Å². The monoisotopic (exact) mass is 326 g/mol. The van der Waals surface area contributed by atoms with Crippen molar-refractivity contribution in [3.05, 3.63) is 54.1 Å². The number of fused-ring (bicyclic) bond motifs is 1. The summed E-state index contributed by atoms with van der Waals surface area (Å²) in [7, 11) is 0. The number of hydrogen-bond donors (Lipinski definition) is 0. The SMILES string of the molecule is O=C(c1cnn2c(-c3ccccc3F)ccnc12)N1CCOCC1. The van der Waals surface area contributed by atoms with Gasteiger partial charge in [0.2, 0.25) is 0 Å². The minimum atomic E-state index is -0.346. The summed E-state index contributed by atoms with van der Waals surface area (Å²) in [5.74, 6) is -0.479. The number of halogens is 1. The molecule has 1 aliphatic rings. The zero-order chi connectivity index (χ0) is 16.5. The molecule has 122 valence electrons. The fourth-order valence-corrected chi connectivity index (χ4v) is 2.85. The summed E-state index contributed by atoms with van der Waals surface area (Å²) < 4.78 is 20.9. The highest BCUT2D eigenvalue weighted by molar-refractivity contribution is 6.00. The third-order valence-corrected chi connectivity index (χ3v) is 4.08. The van der Waals surface area contributed by atoms with E-state index in [0.29, 0.717) is 48.8 Å². The van der Waals surface area contributed by atoms with Crippen molar-refractivity contribution in [1.82, 2.24) is 19.5 Å². The van der Waals surface area contributed by atoms with Gasteiger partial charge in [-0.05, 0) is 18.2 Å². The molecule has 3 aromatic rings. The van der Waals surface area contributed by atoms with Crippen LogP contribution in [0.2, 0.25) is 0 Å². The van der Waals surface area contributed by atoms with Crippen molar-refractivity contribution in [3.63, 3.8) is 0 Å². The Kier molecular flexibility index (Phi) is 3.70. The Bertz CT molecular complexity index is 902. The van der Waals surface area contributed by atoms with Crippen LogP contribution in [0.15, 0.2) is 42.7 Å². The predicted molar refractivity (Wildman–Crippen MR) is 85.1 cm³/mol. The molecule has 0 bridgehead atoms. The lowest BCUT2D eigenvalue weighted by Crippen LogP contribution is -2.40. The maximum absolute atomic E-state index is 14.1. The first-order chi connectivity index (χ1) is 11.8. The molecule has 0 atom stereocenters. The van der Waals surface area contributed by atoms with Crippen molar-refractivity contribution >= 4 is 11.6 Å². The molecular formula is C17H15FN4O2. The van der Waals surface area contributed by atoms with E-state index >= 15 is 0 Å². The van der Waals surface area contributed by atoms with Crippen molar-refractivity contribution in [2.75, 3.05) is 26.3 Å². The van der Waals surface area contributed by atoms with Gasteiger partial charge in [-0.2, -0.15) is 5.10 Å². The molecule has 6 nitrogen and oxygen atoms in total. The molecule has 0 unspecified atom stereocenters. The molecule has 3 heterocycles. The van der Waals surface area contributed by atoms with E-state index in [9.17, 15) is 9.18 Å². The largest absolute Gasteiger partial charge is 0.378 e. The Morgan fingerprint density at radius 1 is 1.17 bits per heavy atom. The number of benzene rings is 1. The summed E-state index contributed by atoms with van der Waals surface area (Å²) in [6.45, 7) is 2.14. The fourth-order valence-electron chi connectivity index (χ4n) is 2.85. The van der Waals surface area contributed by atoms with E-state index in [1.807, 2.05) is 0 Å². The van der Waals surface area contributed by atoms with Crippen LogP contribution >= 0.6 is 0 Å². The molecule has 1 fully saturated rings. The van der Waals surface area contributed by atoms with Crippen LogP contribution in [0, 0.1) is 5.82 Å². The number of aromatic nitrogens is 3. The van der Waals surface area contributed by atoms with Gasteiger partial charge in [-0.1, -0.05) is 12.1 Å². The van der Waals surface area contributed by atoms with Gasteiger partial charge in [0.15, 0.2) is 5.65 Å². The first-order valence-electron chi connectivity index (χ1n) is 7.70. The van der Waals surface area contributed by atoms with Gasteiger partial charge in [0.25, 0.3) is 5.91 Å². The number of hydrogen-bond acceptors (Lipinski definition) is 4. The van der Waals surface area contributed by atoms with Gasteiger partial charge in [0, 0.05) is 24.8 Å². The summed E-state index contributed by atoms with van der Waals surface area (Å²) >= 11 is 0. The molecule has 0 N–H and O–H groups in total. The van der Waals surface area contributed by atoms with Crippen LogP contribution in [0.4, 0.5) is 4.39 Å². The molecule has 7 heteroatoms. The zero-order valence-electron chi connectivity index (χ0n) is 12.9. The van der Waals surface area contributed by atoms with E-state index in [0.717, 1.165) is 0 Å². The highest BCUT2D eigenvalue weighted by atomic mass is 19.1. The second kappa shape index (κ2) is 6.01. The van der Waals surface area contributed by atoms with E-state index in [1.165, 1.54) is 16.8 Å². The quantitative estimate of drug-likeness (QED) is 0.723. The van der Waals surface area contributed by atoms with Crippen LogP contribution in [0.5, 0.6) is 0 Å². The summed E-state index contributed by atoms with van der Waals surface area (Å²) in [6, 6.07) is 8.14. The Morgan fingerprint density at radius 3 is 2.75 bits per heavy atom. The van der Waals surface area contributed by atoms with E-state index in [2.05, 4.69) is 10.1 Å². The maximum atomic E-state index is 14.1. The van der Waals surface area contributed by atoms with Crippen LogP contribution in [-0.2, 0) is 4.74 Å². The second-order valence-corrected chi connectivity index (χ2v) is 5.51. The molecule has 1 amide bonds. The third-order valence-electron chi connectivity index (χ3n) is 4.08. The number of morpholine rings is 1. The van der Waals surface area contributed by atoms with Gasteiger partial charge in [-0.25, -0.2) is 13.9 Å². The van der Waals surface area contributed by atoms with Gasteiger partial charge in [0.05, 0.1) is 25.1 Å². The first kappa shape index (κ1) is 14.8. The van der Waals surface area contributed by atoms with Gasteiger partial charge in [-0.3, -0.25) is 4.79 Å². The molecule has 4 rings (SSSR count). The van der Waals surface area contributed by atoms with E-state index in [1.54, 1.807) is 35.4 Å². The van der Waals surface area contributed by atoms with Crippen molar-refractivity contribution in [3.8, 4) is 11.3 Å². The smallest absolute Gasteiger partial charge is 0.259 e. The summed E-state index contributed by atoms with van der Waals surface area (Å²) in [6.07, 6.45) is 3.05. The molecule has 1 saturated heterocycles. The molecule has 24 heavy (non-hydrogen) atoms. The number of rotatable bonds is 2. The van der Waals surface area contributed by atoms with Crippen molar-refractivity contribution in [1.29, 1.82) is 0 Å². The average molecular weight is 326 g/mol. The van der Waals surface area contributed by atoms with Crippen LogP contribution in [0.25, 0.3) is 16.9 Å². The molecular weight excluding hydrogens is 311 g/mol. The normalized spacial score (nSPS) is 15.0. The highest BCUT2D eigenvalue weighted by Crippen LogP contribution is 2.24. The molecule has 1 aliphatic heterocycles. The molecule has 0 spiro atoms. The number of carbonyl (C=O) groups is 1. The Balaban J connectivity index is 1.79. The van der Waals surface area contributed by atoms with Gasteiger partial charge in [0.1, 0.15) is 11.4 Å². The van der Waals surface area contributed by atoms with Crippen molar-refractivity contribution in [2.45, 2.75) is 0 Å². The second-order valence-electron chi connectivity index (χ2n) is 5.51. The van der Waals surface area contributed by atoms with Gasteiger partial charge < -0.3 is 9.64 Å². The Labute approximate surface area is 137 Å². The zero-order valence-corrected chi connectivity index (χ0v) is 12.9. The predicted octanol–water partition coefficient (Wildman–Crippen LogP) is 2.01. The van der Waals surface area contributed by atoms with Crippen LogP contribution in [0.1, 0.15) is 10.4 Å². The molecule has 2 aromatic heterocycles. The third kappa shape index (κ3) is 2.43. The van der Waals surface area contributed by atoms with Gasteiger partial charge >= 0.3 is 0 Å². The maximum Gasteiger partial charge on any atom is 0.259 e. The van der Waals surface area contributed by atoms with Crippen LogP contribution in [0.3, 0.4) is 0 Å². The average Bonchev–Trinajstić information content (AvgIpc) is 3.06. The highest BCUT2D eigenvalue weighted by Gasteiger charge is 2.23. The lowest BCUT2D eigenvalue weighted by molar-refractivity contribution is 0.0304. The van der Waals surface area contributed by atoms with Gasteiger partial charge in [-0.15, -0.1) is 0 Å². The minimum absolute atomic E-state index is 0.133. The van der Waals surface area contributed by atoms with Crippen LogP contribution < -0.4 is 0 Å². The Morgan fingerprint density at radius 2 is 1.96 bits per heavy atom. The summed E-state index contributed by atoms with van der Waals surface area (Å²) in [5, 5.41) is 4.26. The van der Waals surface area contributed by atoms with Crippen molar-refractivity contribution < 1.29 is 13.9 Å². The first-order valence-corrected chi connectivity index (χ1v) is 7.70. The molecule has 0 saturated carbocycles. The Hall–Kier alpha value is -2.80. The van der Waals surface area contributed by atoms with Crippen LogP contribution in [-0.4, -0.2) is 51.7 Å². The lowest BCUT2D eigenvalue weighted by Gasteiger charge is -2.26. The summed E-state index contributed by atoms with van der Waals surface area (Å²) in [5.41, 5.74) is 1.81. The number of amides is 1. The van der Waals surface area contributed by atoms with E-state index < -0.39 is 0 Å². The molecule has 1 aromatic carbocycles. The number of ether oxygens (including phenoxy) is 1.